The molecule has 2 unspecified atom stereocenters. The second kappa shape index (κ2) is 11.1. The van der Waals surface area contributed by atoms with Gasteiger partial charge >= 0.3 is 0 Å². The minimum atomic E-state index is -0.476. The fourth-order valence-corrected chi connectivity index (χ4v) is 3.05. The van der Waals surface area contributed by atoms with Crippen LogP contribution in [0.3, 0.4) is 0 Å². The fourth-order valence-electron chi connectivity index (χ4n) is 2.87. The second-order valence-corrected chi connectivity index (χ2v) is 8.25. The van der Waals surface area contributed by atoms with Crippen molar-refractivity contribution >= 4 is 29.4 Å². The molecule has 0 saturated heterocycles. The summed E-state index contributed by atoms with van der Waals surface area (Å²) < 4.78 is 13.4. The van der Waals surface area contributed by atoms with Gasteiger partial charge in [0, 0.05) is 18.4 Å². The molecule has 1 amide bonds. The third-order valence-electron chi connectivity index (χ3n) is 4.87. The summed E-state index contributed by atoms with van der Waals surface area (Å²) in [7, 11) is 0. The molecular formula is C23H31ClFN3O. The molecule has 4 nitrogen and oxygen atoms in total. The zero-order chi connectivity index (χ0) is 21.4. The van der Waals surface area contributed by atoms with E-state index in [4.69, 9.17) is 11.6 Å². The fraction of sp³-hybridized carbons (Fsp3) is 0.478. The van der Waals surface area contributed by atoms with Crippen LogP contribution in [-0.4, -0.2) is 18.7 Å². The van der Waals surface area contributed by atoms with Crippen LogP contribution in [0.4, 0.5) is 10.1 Å². The highest BCUT2D eigenvalue weighted by Gasteiger charge is 2.23. The van der Waals surface area contributed by atoms with E-state index in [1.807, 2.05) is 13.0 Å². The first-order valence-corrected chi connectivity index (χ1v) is 10.6. The van der Waals surface area contributed by atoms with E-state index in [1.54, 1.807) is 12.3 Å². The maximum atomic E-state index is 13.4. The monoisotopic (exact) mass is 419 g/mol. The van der Waals surface area contributed by atoms with Crippen molar-refractivity contribution in [2.75, 3.05) is 11.9 Å². The number of carbonyl (C=O) groups is 1. The van der Waals surface area contributed by atoms with Gasteiger partial charge in [-0.1, -0.05) is 38.4 Å². The van der Waals surface area contributed by atoms with Crippen molar-refractivity contribution in [3.63, 3.8) is 0 Å². The summed E-state index contributed by atoms with van der Waals surface area (Å²) >= 11 is 5.87. The van der Waals surface area contributed by atoms with Crippen molar-refractivity contribution < 1.29 is 9.18 Å². The Hall–Kier alpha value is -2.14. The first-order chi connectivity index (χ1) is 13.8. The van der Waals surface area contributed by atoms with E-state index in [9.17, 15) is 9.18 Å². The van der Waals surface area contributed by atoms with Crippen molar-refractivity contribution in [1.82, 2.24) is 5.32 Å². The molecule has 2 atom stereocenters. The highest BCUT2D eigenvalue weighted by atomic mass is 35.5. The van der Waals surface area contributed by atoms with Crippen molar-refractivity contribution in [1.29, 1.82) is 0 Å². The number of amides is 1. The summed E-state index contributed by atoms with van der Waals surface area (Å²) in [5, 5.41) is 6.15. The van der Waals surface area contributed by atoms with Crippen LogP contribution in [0.1, 0.15) is 46.5 Å². The van der Waals surface area contributed by atoms with Gasteiger partial charge in [0.25, 0.3) is 0 Å². The van der Waals surface area contributed by atoms with Crippen LogP contribution in [0.15, 0.2) is 47.2 Å². The van der Waals surface area contributed by atoms with E-state index in [0.717, 1.165) is 31.3 Å². The lowest BCUT2D eigenvalue weighted by molar-refractivity contribution is -0.122. The lowest BCUT2D eigenvalue weighted by Crippen LogP contribution is -2.33. The molecule has 29 heavy (non-hydrogen) atoms. The van der Waals surface area contributed by atoms with Crippen LogP contribution in [0.5, 0.6) is 0 Å². The van der Waals surface area contributed by atoms with Gasteiger partial charge in [0.2, 0.25) is 5.91 Å². The Kier molecular flexibility index (Phi) is 8.90. The topological polar surface area (TPSA) is 53.5 Å². The third-order valence-corrected chi connectivity index (χ3v) is 5.16. The van der Waals surface area contributed by atoms with Crippen LogP contribution in [0, 0.1) is 23.6 Å². The molecule has 0 spiro atoms. The summed E-state index contributed by atoms with van der Waals surface area (Å²) in [6.45, 7) is 10.8. The van der Waals surface area contributed by atoms with Gasteiger partial charge < -0.3 is 10.6 Å². The van der Waals surface area contributed by atoms with Crippen molar-refractivity contribution in [2.45, 2.75) is 46.5 Å². The van der Waals surface area contributed by atoms with E-state index in [2.05, 4.69) is 36.1 Å². The molecule has 158 valence electrons. The van der Waals surface area contributed by atoms with Crippen LogP contribution in [0.2, 0.25) is 5.02 Å². The van der Waals surface area contributed by atoms with Gasteiger partial charge in [-0.2, -0.15) is 0 Å². The van der Waals surface area contributed by atoms with E-state index in [-0.39, 0.29) is 16.8 Å². The first-order valence-electron chi connectivity index (χ1n) is 10.2. The minimum absolute atomic E-state index is 0.0355. The summed E-state index contributed by atoms with van der Waals surface area (Å²) in [6, 6.07) is 4.40. The summed E-state index contributed by atoms with van der Waals surface area (Å²) in [4.78, 5) is 16.8. The molecule has 0 heterocycles. The Labute approximate surface area is 178 Å². The molecule has 1 aromatic rings. The normalized spacial score (nSPS) is 16.5. The van der Waals surface area contributed by atoms with Crippen molar-refractivity contribution in [2.24, 2.45) is 22.7 Å². The number of rotatable bonds is 11. The average Bonchev–Trinajstić information content (AvgIpc) is 3.52. The predicted molar refractivity (Wildman–Crippen MR) is 120 cm³/mol. The number of nitrogens with one attached hydrogen (secondary N) is 2. The molecule has 1 aromatic carbocycles. The zero-order valence-corrected chi connectivity index (χ0v) is 18.2. The van der Waals surface area contributed by atoms with Gasteiger partial charge in [0.05, 0.1) is 10.9 Å². The molecule has 1 fully saturated rings. The number of aliphatic imine (C=N–C) groups is 1. The van der Waals surface area contributed by atoms with Crippen LogP contribution in [-0.2, 0) is 4.79 Å². The van der Waals surface area contributed by atoms with Crippen molar-refractivity contribution in [3.05, 3.63) is 53.1 Å². The summed E-state index contributed by atoms with van der Waals surface area (Å²) in [6.07, 6.45) is 7.94. The number of allylic oxidation sites excluding steroid dienone is 2. The zero-order valence-electron chi connectivity index (χ0n) is 17.5. The predicted octanol–water partition coefficient (Wildman–Crippen LogP) is 5.96. The molecule has 2 N–H and O–H groups in total. The van der Waals surface area contributed by atoms with E-state index >= 15 is 0 Å². The quantitative estimate of drug-likeness (QED) is 0.343. The number of hydrogen-bond donors (Lipinski definition) is 2. The maximum Gasteiger partial charge on any atom is 0.228 e. The number of benzene rings is 1. The second-order valence-electron chi connectivity index (χ2n) is 7.84. The molecule has 0 radical (unpaired) electrons. The Morgan fingerprint density at radius 3 is 2.76 bits per heavy atom. The summed E-state index contributed by atoms with van der Waals surface area (Å²) in [5.41, 5.74) is 1.61. The molecule has 6 heteroatoms. The molecule has 1 saturated carbocycles. The Morgan fingerprint density at radius 1 is 1.41 bits per heavy atom. The van der Waals surface area contributed by atoms with E-state index < -0.39 is 5.82 Å². The molecule has 0 aromatic heterocycles. The number of halogens is 2. The highest BCUT2D eigenvalue weighted by molar-refractivity contribution is 6.31. The number of nitrogens with zero attached hydrogens (tertiary/aromatic N) is 1. The average molecular weight is 420 g/mol. The molecule has 0 bridgehead atoms. The number of anilines is 1. The molecule has 1 aliphatic rings. The van der Waals surface area contributed by atoms with Gasteiger partial charge in [-0.15, -0.1) is 0 Å². The van der Waals surface area contributed by atoms with Gasteiger partial charge in [-0.3, -0.25) is 4.79 Å². The largest absolute Gasteiger partial charge is 0.355 e. The van der Waals surface area contributed by atoms with Gasteiger partial charge in [-0.05, 0) is 67.9 Å². The number of carbonyl (C=O) groups excluding carboxylic acids is 1. The standard InChI is InChI=1S/C23H31ClFN3O/c1-5-6-15(2)13-27-23(29)17(4)14-26-22(11-16(3)18-7-8-18)28-19-9-10-21(25)20(24)12-19/h9-12,14-15,17-18,28H,3,5-8,13H2,1-2,4H3,(H,27,29)/b22-11+,26-14-. The van der Waals surface area contributed by atoms with Gasteiger partial charge in [-0.25, -0.2) is 9.38 Å². The number of hydrogen-bond acceptors (Lipinski definition) is 3. The smallest absolute Gasteiger partial charge is 0.228 e. The Morgan fingerprint density at radius 2 is 2.14 bits per heavy atom. The molecular weight excluding hydrogens is 389 g/mol. The molecule has 1 aliphatic carbocycles. The van der Waals surface area contributed by atoms with Gasteiger partial charge in [0.1, 0.15) is 11.6 Å². The lowest BCUT2D eigenvalue weighted by atomic mass is 10.1. The van der Waals surface area contributed by atoms with Crippen LogP contribution >= 0.6 is 11.6 Å². The third kappa shape index (κ3) is 8.01. The SMILES string of the molecule is C=C(/C=C(\N=C/C(C)C(=O)NCC(C)CCC)Nc1ccc(F)c(Cl)c1)C1CC1. The Balaban J connectivity index is 2.04. The van der Waals surface area contributed by atoms with E-state index in [1.165, 1.54) is 12.1 Å². The van der Waals surface area contributed by atoms with Crippen molar-refractivity contribution in [3.8, 4) is 0 Å². The Bertz CT molecular complexity index is 786. The first kappa shape index (κ1) is 23.1. The minimum Gasteiger partial charge on any atom is -0.355 e. The summed E-state index contributed by atoms with van der Waals surface area (Å²) in [5.74, 6) is 0.580. The van der Waals surface area contributed by atoms with E-state index in [0.29, 0.717) is 29.9 Å². The van der Waals surface area contributed by atoms with Crippen LogP contribution in [0.25, 0.3) is 0 Å². The van der Waals surface area contributed by atoms with Gasteiger partial charge in [0.15, 0.2) is 0 Å². The lowest BCUT2D eigenvalue weighted by Gasteiger charge is -2.13. The molecule has 2 rings (SSSR count). The highest BCUT2D eigenvalue weighted by Crippen LogP contribution is 2.36. The van der Waals surface area contributed by atoms with Crippen LogP contribution < -0.4 is 10.6 Å². The maximum absolute atomic E-state index is 13.4. The molecule has 0 aliphatic heterocycles.